The molecule has 2 unspecified atom stereocenters. The summed E-state index contributed by atoms with van der Waals surface area (Å²) in [6.07, 6.45) is 1.99. The van der Waals surface area contributed by atoms with Gasteiger partial charge in [0, 0.05) is 34.2 Å². The first-order chi connectivity index (χ1) is 10.1. The number of benzene rings is 1. The Kier molecular flexibility index (Phi) is 4.01. The van der Waals surface area contributed by atoms with Crippen LogP contribution < -0.4 is 0 Å². The number of carboxylic acid groups (broad SMARTS) is 1. The second-order valence-corrected chi connectivity index (χ2v) is 6.38. The molecule has 1 aromatic carbocycles. The summed E-state index contributed by atoms with van der Waals surface area (Å²) in [5.74, 6) is -1.24. The number of rotatable bonds is 4. The Bertz CT molecular complexity index is 670. The minimum Gasteiger partial charge on any atom is -0.481 e. The Morgan fingerprint density at radius 3 is 3.10 bits per heavy atom. The Morgan fingerprint density at radius 2 is 2.33 bits per heavy atom. The van der Waals surface area contributed by atoms with E-state index in [1.807, 2.05) is 25.4 Å². The van der Waals surface area contributed by atoms with E-state index in [-0.39, 0.29) is 6.04 Å². The number of likely N-dealkylation sites (N-methyl/N-ethyl adjacent to an activating group) is 1. The molecule has 2 atom stereocenters. The lowest BCUT2D eigenvalue weighted by atomic mass is 10.0. The number of ether oxygens (including phenoxy) is 1. The number of halogens is 1. The van der Waals surface area contributed by atoms with Crippen molar-refractivity contribution in [1.29, 1.82) is 0 Å². The van der Waals surface area contributed by atoms with Gasteiger partial charge < -0.3 is 14.8 Å². The number of aromatic amines is 1. The molecule has 0 saturated carbocycles. The topological polar surface area (TPSA) is 65.6 Å². The van der Waals surface area contributed by atoms with Crippen molar-refractivity contribution in [2.75, 3.05) is 20.3 Å². The van der Waals surface area contributed by atoms with Crippen molar-refractivity contribution in [3.05, 3.63) is 34.4 Å². The van der Waals surface area contributed by atoms with Crippen LogP contribution in [0.5, 0.6) is 0 Å². The van der Waals surface area contributed by atoms with Crippen LogP contribution in [0, 0.1) is 5.92 Å². The third kappa shape index (κ3) is 2.84. The molecule has 21 heavy (non-hydrogen) atoms. The van der Waals surface area contributed by atoms with Crippen molar-refractivity contribution in [3.63, 3.8) is 0 Å². The number of carbonyl (C=O) groups is 1. The van der Waals surface area contributed by atoms with Crippen LogP contribution in [0.4, 0.5) is 0 Å². The van der Waals surface area contributed by atoms with Crippen molar-refractivity contribution in [1.82, 2.24) is 9.88 Å². The lowest BCUT2D eigenvalue weighted by Crippen LogP contribution is -2.40. The molecule has 1 fully saturated rings. The fourth-order valence-electron chi connectivity index (χ4n) is 2.88. The van der Waals surface area contributed by atoms with Crippen LogP contribution in [0.15, 0.2) is 28.9 Å². The molecule has 1 aliphatic rings. The summed E-state index contributed by atoms with van der Waals surface area (Å²) in [5.41, 5.74) is 2.24. The molecule has 0 spiro atoms. The van der Waals surface area contributed by atoms with Crippen LogP contribution in [0.1, 0.15) is 5.56 Å². The van der Waals surface area contributed by atoms with Gasteiger partial charge in [-0.05, 0) is 30.8 Å². The molecule has 0 amide bonds. The molecule has 0 bridgehead atoms. The maximum atomic E-state index is 11.3. The van der Waals surface area contributed by atoms with Gasteiger partial charge in [-0.2, -0.15) is 0 Å². The lowest BCUT2D eigenvalue weighted by Gasteiger charge is -2.25. The summed E-state index contributed by atoms with van der Waals surface area (Å²) in [7, 11) is 1.95. The molecule has 2 heterocycles. The summed E-state index contributed by atoms with van der Waals surface area (Å²) >= 11 is 3.49. The smallest absolute Gasteiger partial charge is 0.310 e. The van der Waals surface area contributed by atoms with Crippen LogP contribution in [-0.2, 0) is 16.1 Å². The molecule has 1 aromatic heterocycles. The van der Waals surface area contributed by atoms with Gasteiger partial charge >= 0.3 is 5.97 Å². The predicted octanol–water partition coefficient (Wildman–Crippen LogP) is 2.46. The largest absolute Gasteiger partial charge is 0.481 e. The number of aliphatic carboxylic acids is 1. The SMILES string of the molecule is CN(Cc1c[nH]c2ccc(Br)cc12)C1COCC1C(=O)O. The maximum absolute atomic E-state index is 11.3. The normalized spacial score (nSPS) is 22.2. The van der Waals surface area contributed by atoms with Crippen molar-refractivity contribution in [2.45, 2.75) is 12.6 Å². The molecule has 0 aliphatic carbocycles. The molecule has 0 radical (unpaired) electrons. The van der Waals surface area contributed by atoms with E-state index in [9.17, 15) is 9.90 Å². The van der Waals surface area contributed by atoms with Gasteiger partial charge in [-0.15, -0.1) is 0 Å². The van der Waals surface area contributed by atoms with Crippen LogP contribution in [-0.4, -0.2) is 47.3 Å². The van der Waals surface area contributed by atoms with Crippen molar-refractivity contribution in [3.8, 4) is 0 Å². The van der Waals surface area contributed by atoms with Crippen LogP contribution in [0.25, 0.3) is 10.9 Å². The van der Waals surface area contributed by atoms with E-state index in [0.717, 1.165) is 20.9 Å². The zero-order chi connectivity index (χ0) is 15.0. The van der Waals surface area contributed by atoms with Gasteiger partial charge in [0.05, 0.1) is 19.1 Å². The molecular weight excluding hydrogens is 336 g/mol. The first-order valence-electron chi connectivity index (χ1n) is 6.82. The molecular formula is C15H17BrN2O3. The number of hydrogen-bond donors (Lipinski definition) is 2. The second-order valence-electron chi connectivity index (χ2n) is 5.47. The monoisotopic (exact) mass is 352 g/mol. The fraction of sp³-hybridized carbons (Fsp3) is 0.400. The zero-order valence-electron chi connectivity index (χ0n) is 11.7. The molecule has 2 N–H and O–H groups in total. The Morgan fingerprint density at radius 1 is 1.52 bits per heavy atom. The van der Waals surface area contributed by atoms with Gasteiger partial charge in [0.1, 0.15) is 0 Å². The van der Waals surface area contributed by atoms with E-state index in [0.29, 0.717) is 19.8 Å². The highest BCUT2D eigenvalue weighted by Gasteiger charge is 2.36. The second kappa shape index (κ2) is 5.79. The molecule has 5 nitrogen and oxygen atoms in total. The highest BCUT2D eigenvalue weighted by Crippen LogP contribution is 2.26. The summed E-state index contributed by atoms with van der Waals surface area (Å²) in [5, 5.41) is 10.4. The van der Waals surface area contributed by atoms with Gasteiger partial charge in [-0.1, -0.05) is 15.9 Å². The summed E-state index contributed by atoms with van der Waals surface area (Å²) in [6.45, 7) is 1.46. The molecule has 3 rings (SSSR count). The van der Waals surface area contributed by atoms with Crippen LogP contribution >= 0.6 is 15.9 Å². The molecule has 1 saturated heterocycles. The Labute approximate surface area is 131 Å². The average molecular weight is 353 g/mol. The Hall–Kier alpha value is -1.37. The molecule has 6 heteroatoms. The first kappa shape index (κ1) is 14.6. The number of carboxylic acids is 1. The van der Waals surface area contributed by atoms with Gasteiger partial charge in [0.25, 0.3) is 0 Å². The van der Waals surface area contributed by atoms with Crippen molar-refractivity contribution in [2.24, 2.45) is 5.92 Å². The highest BCUT2D eigenvalue weighted by atomic mass is 79.9. The summed E-state index contributed by atoms with van der Waals surface area (Å²) in [4.78, 5) is 16.6. The minimum absolute atomic E-state index is 0.0837. The molecule has 2 aromatic rings. The standard InChI is InChI=1S/C15H17BrN2O3/c1-18(14-8-21-7-12(14)15(19)20)6-9-5-17-13-3-2-10(16)4-11(9)13/h2-5,12,14,17H,6-8H2,1H3,(H,19,20). The lowest BCUT2D eigenvalue weighted by molar-refractivity contribution is -0.143. The number of aromatic nitrogens is 1. The summed E-state index contributed by atoms with van der Waals surface area (Å²) < 4.78 is 6.37. The maximum Gasteiger partial charge on any atom is 0.310 e. The third-order valence-corrected chi connectivity index (χ3v) is 4.58. The predicted molar refractivity (Wildman–Crippen MR) is 83.2 cm³/mol. The third-order valence-electron chi connectivity index (χ3n) is 4.08. The number of nitrogens with zero attached hydrogens (tertiary/aromatic N) is 1. The number of H-pyrrole nitrogens is 1. The van der Waals surface area contributed by atoms with Crippen LogP contribution in [0.3, 0.4) is 0 Å². The number of nitrogens with one attached hydrogen (secondary N) is 1. The average Bonchev–Trinajstić information content (AvgIpc) is 3.06. The van der Waals surface area contributed by atoms with E-state index < -0.39 is 11.9 Å². The number of hydrogen-bond acceptors (Lipinski definition) is 3. The molecule has 1 aliphatic heterocycles. The van der Waals surface area contributed by atoms with E-state index in [1.54, 1.807) is 0 Å². The van der Waals surface area contributed by atoms with Gasteiger partial charge in [-0.25, -0.2) is 0 Å². The zero-order valence-corrected chi connectivity index (χ0v) is 13.3. The van der Waals surface area contributed by atoms with Crippen LogP contribution in [0.2, 0.25) is 0 Å². The quantitative estimate of drug-likeness (QED) is 0.886. The molecule has 112 valence electrons. The highest BCUT2D eigenvalue weighted by molar-refractivity contribution is 9.10. The van der Waals surface area contributed by atoms with Gasteiger partial charge in [0.15, 0.2) is 0 Å². The van der Waals surface area contributed by atoms with E-state index in [1.165, 1.54) is 0 Å². The minimum atomic E-state index is -0.786. The first-order valence-corrected chi connectivity index (χ1v) is 7.62. The van der Waals surface area contributed by atoms with E-state index in [2.05, 4.69) is 31.9 Å². The van der Waals surface area contributed by atoms with Gasteiger partial charge in [-0.3, -0.25) is 9.69 Å². The van der Waals surface area contributed by atoms with E-state index in [4.69, 9.17) is 4.74 Å². The number of fused-ring (bicyclic) bond motifs is 1. The van der Waals surface area contributed by atoms with Gasteiger partial charge in [0.2, 0.25) is 0 Å². The fourth-order valence-corrected chi connectivity index (χ4v) is 3.24. The summed E-state index contributed by atoms with van der Waals surface area (Å²) in [6, 6.07) is 6.02. The van der Waals surface area contributed by atoms with Crippen molar-refractivity contribution >= 4 is 32.8 Å². The van der Waals surface area contributed by atoms with E-state index >= 15 is 0 Å². The Balaban J connectivity index is 1.81. The van der Waals surface area contributed by atoms with Crippen molar-refractivity contribution < 1.29 is 14.6 Å².